The Morgan fingerprint density at radius 1 is 1.19 bits per heavy atom. The monoisotopic (exact) mass is 374 g/mol. The second-order valence-corrected chi connectivity index (χ2v) is 7.86. The number of nitrogens with one attached hydrogen (secondary N) is 2. The summed E-state index contributed by atoms with van der Waals surface area (Å²) in [6.45, 7) is 1.55. The summed E-state index contributed by atoms with van der Waals surface area (Å²) in [4.78, 5) is 23.7. The van der Waals surface area contributed by atoms with Gasteiger partial charge in [-0.2, -0.15) is 0 Å². The molecule has 0 radical (unpaired) electrons. The summed E-state index contributed by atoms with van der Waals surface area (Å²) in [5, 5.41) is 15.2. The summed E-state index contributed by atoms with van der Waals surface area (Å²) in [6, 6.07) is 9.66. The van der Waals surface area contributed by atoms with E-state index >= 15 is 0 Å². The fraction of sp³-hybridized carbons (Fsp3) is 0.619. The third-order valence-electron chi connectivity index (χ3n) is 6.07. The molecule has 1 saturated heterocycles. The van der Waals surface area contributed by atoms with Gasteiger partial charge in [0.1, 0.15) is 0 Å². The summed E-state index contributed by atoms with van der Waals surface area (Å²) in [5.74, 6) is -0.841. The molecule has 1 aliphatic carbocycles. The van der Waals surface area contributed by atoms with Crippen LogP contribution in [0.3, 0.4) is 0 Å². The number of benzene rings is 1. The normalized spacial score (nSPS) is 22.3. The zero-order valence-electron chi connectivity index (χ0n) is 15.8. The van der Waals surface area contributed by atoms with Crippen molar-refractivity contribution in [1.29, 1.82) is 0 Å². The molecule has 2 amide bonds. The first-order chi connectivity index (χ1) is 13.1. The van der Waals surface area contributed by atoms with Gasteiger partial charge in [-0.3, -0.25) is 4.79 Å². The van der Waals surface area contributed by atoms with Crippen molar-refractivity contribution in [3.63, 3.8) is 0 Å². The highest BCUT2D eigenvalue weighted by Crippen LogP contribution is 2.45. The molecular formula is C21H30N2O4. The molecule has 1 spiro atoms. The lowest BCUT2D eigenvalue weighted by Crippen LogP contribution is -2.52. The maximum atomic E-state index is 12.7. The fourth-order valence-electron chi connectivity index (χ4n) is 4.55. The van der Waals surface area contributed by atoms with Crippen molar-refractivity contribution in [2.75, 3.05) is 13.2 Å². The molecule has 0 bridgehead atoms. The molecule has 1 aliphatic heterocycles. The van der Waals surface area contributed by atoms with Gasteiger partial charge in [0.05, 0.1) is 0 Å². The van der Waals surface area contributed by atoms with E-state index in [1.165, 1.54) is 0 Å². The lowest BCUT2D eigenvalue weighted by Gasteiger charge is -2.39. The Kier molecular flexibility index (Phi) is 6.72. The minimum Gasteiger partial charge on any atom is -0.481 e. The van der Waals surface area contributed by atoms with Crippen LogP contribution in [0.4, 0.5) is 4.79 Å². The number of hydrogen-bond donors (Lipinski definition) is 3. The van der Waals surface area contributed by atoms with Crippen LogP contribution in [0.2, 0.25) is 0 Å². The lowest BCUT2D eigenvalue weighted by atomic mass is 9.75. The zero-order chi connectivity index (χ0) is 19.1. The van der Waals surface area contributed by atoms with Gasteiger partial charge in [0, 0.05) is 31.7 Å². The van der Waals surface area contributed by atoms with Crippen molar-refractivity contribution in [2.45, 2.75) is 63.5 Å². The molecule has 2 fully saturated rings. The Labute approximate surface area is 160 Å². The van der Waals surface area contributed by atoms with Crippen molar-refractivity contribution in [1.82, 2.24) is 10.6 Å². The van der Waals surface area contributed by atoms with Gasteiger partial charge in [0.2, 0.25) is 0 Å². The molecular weight excluding hydrogens is 344 g/mol. The molecule has 3 rings (SSSR count). The maximum Gasteiger partial charge on any atom is 0.315 e. The van der Waals surface area contributed by atoms with E-state index in [4.69, 9.17) is 9.84 Å². The molecule has 2 aliphatic rings. The summed E-state index contributed by atoms with van der Waals surface area (Å²) >= 11 is 0. The molecule has 2 atom stereocenters. The van der Waals surface area contributed by atoms with Crippen LogP contribution in [0.1, 0.15) is 50.5 Å². The number of hydrogen-bond acceptors (Lipinski definition) is 3. The van der Waals surface area contributed by atoms with Gasteiger partial charge in [-0.05, 0) is 49.5 Å². The SMILES string of the molecule is O=C(O)CCC(Cc1ccccc1)NC(=O)NC1CCCC12CCOCC2. The standard InChI is InChI=1S/C21H30N2O4/c24-19(25)9-8-17(15-16-5-2-1-3-6-16)22-20(26)23-18-7-4-10-21(18)11-13-27-14-12-21/h1-3,5-6,17-18H,4,7-15H2,(H,24,25)(H2,22,23,26). The van der Waals surface area contributed by atoms with Crippen LogP contribution >= 0.6 is 0 Å². The molecule has 148 valence electrons. The molecule has 0 aromatic heterocycles. The quantitative estimate of drug-likeness (QED) is 0.684. The van der Waals surface area contributed by atoms with Gasteiger partial charge in [0.15, 0.2) is 0 Å². The van der Waals surface area contributed by atoms with Gasteiger partial charge in [-0.15, -0.1) is 0 Å². The van der Waals surface area contributed by atoms with Crippen molar-refractivity contribution in [2.24, 2.45) is 5.41 Å². The number of carboxylic acid groups (broad SMARTS) is 1. The lowest BCUT2D eigenvalue weighted by molar-refractivity contribution is -0.137. The predicted octanol–water partition coefficient (Wildman–Crippen LogP) is 3.11. The van der Waals surface area contributed by atoms with E-state index in [2.05, 4.69) is 10.6 Å². The Balaban J connectivity index is 1.58. The van der Waals surface area contributed by atoms with Crippen molar-refractivity contribution in [3.05, 3.63) is 35.9 Å². The van der Waals surface area contributed by atoms with E-state index in [1.807, 2.05) is 30.3 Å². The number of amides is 2. The molecule has 6 nitrogen and oxygen atoms in total. The molecule has 3 N–H and O–H groups in total. The van der Waals surface area contributed by atoms with Gasteiger partial charge < -0.3 is 20.5 Å². The van der Waals surface area contributed by atoms with Crippen molar-refractivity contribution < 1.29 is 19.4 Å². The number of carbonyl (C=O) groups is 2. The minimum absolute atomic E-state index is 0.0441. The first-order valence-electron chi connectivity index (χ1n) is 9.98. The van der Waals surface area contributed by atoms with E-state index in [9.17, 15) is 9.59 Å². The van der Waals surface area contributed by atoms with E-state index in [0.717, 1.165) is 50.9 Å². The van der Waals surface area contributed by atoms with E-state index in [-0.39, 0.29) is 30.0 Å². The molecule has 1 heterocycles. The first kappa shape index (κ1) is 19.7. The number of rotatable bonds is 7. The average molecular weight is 374 g/mol. The third-order valence-corrected chi connectivity index (χ3v) is 6.07. The van der Waals surface area contributed by atoms with E-state index in [1.54, 1.807) is 0 Å². The molecule has 1 saturated carbocycles. The van der Waals surface area contributed by atoms with Crippen molar-refractivity contribution in [3.8, 4) is 0 Å². The van der Waals surface area contributed by atoms with Gasteiger partial charge in [-0.25, -0.2) is 4.79 Å². The summed E-state index contributed by atoms with van der Waals surface area (Å²) in [6.07, 6.45) is 6.39. The highest BCUT2D eigenvalue weighted by molar-refractivity contribution is 5.75. The second kappa shape index (κ2) is 9.22. The average Bonchev–Trinajstić information content (AvgIpc) is 3.02. The van der Waals surface area contributed by atoms with Crippen LogP contribution in [0, 0.1) is 5.41 Å². The molecule has 1 aromatic carbocycles. The topological polar surface area (TPSA) is 87.7 Å². The smallest absolute Gasteiger partial charge is 0.315 e. The highest BCUT2D eigenvalue weighted by Gasteiger charge is 2.44. The van der Waals surface area contributed by atoms with Crippen LogP contribution in [0.5, 0.6) is 0 Å². The molecule has 6 heteroatoms. The number of aliphatic carboxylic acids is 1. The number of carbonyl (C=O) groups excluding carboxylic acids is 1. The summed E-state index contributed by atoms with van der Waals surface area (Å²) in [5.41, 5.74) is 1.26. The van der Waals surface area contributed by atoms with Gasteiger partial charge >= 0.3 is 12.0 Å². The third kappa shape index (κ3) is 5.45. The zero-order valence-corrected chi connectivity index (χ0v) is 15.8. The number of urea groups is 1. The molecule has 2 unspecified atom stereocenters. The number of ether oxygens (including phenoxy) is 1. The molecule has 27 heavy (non-hydrogen) atoms. The van der Waals surface area contributed by atoms with Crippen LogP contribution in [0.15, 0.2) is 30.3 Å². The Morgan fingerprint density at radius 2 is 1.93 bits per heavy atom. The highest BCUT2D eigenvalue weighted by atomic mass is 16.5. The van der Waals surface area contributed by atoms with E-state index < -0.39 is 5.97 Å². The molecule has 1 aromatic rings. The van der Waals surface area contributed by atoms with Crippen LogP contribution in [-0.4, -0.2) is 42.4 Å². The van der Waals surface area contributed by atoms with Crippen LogP contribution in [0.25, 0.3) is 0 Å². The fourth-order valence-corrected chi connectivity index (χ4v) is 4.55. The van der Waals surface area contributed by atoms with Crippen LogP contribution < -0.4 is 10.6 Å². The Hall–Kier alpha value is -2.08. The maximum absolute atomic E-state index is 12.7. The van der Waals surface area contributed by atoms with Crippen molar-refractivity contribution >= 4 is 12.0 Å². The minimum atomic E-state index is -0.841. The second-order valence-electron chi connectivity index (χ2n) is 7.86. The van der Waals surface area contributed by atoms with Gasteiger partial charge in [0.25, 0.3) is 0 Å². The predicted molar refractivity (Wildman–Crippen MR) is 103 cm³/mol. The summed E-state index contributed by atoms with van der Waals surface area (Å²) in [7, 11) is 0. The number of carboxylic acids is 1. The van der Waals surface area contributed by atoms with Gasteiger partial charge in [-0.1, -0.05) is 36.8 Å². The van der Waals surface area contributed by atoms with Crippen LogP contribution in [-0.2, 0) is 16.0 Å². The Bertz CT molecular complexity index is 628. The summed E-state index contributed by atoms with van der Waals surface area (Å²) < 4.78 is 5.51. The van der Waals surface area contributed by atoms with E-state index in [0.29, 0.717) is 12.8 Å². The Morgan fingerprint density at radius 3 is 2.63 bits per heavy atom. The largest absolute Gasteiger partial charge is 0.481 e. The first-order valence-corrected chi connectivity index (χ1v) is 9.98.